The van der Waals surface area contributed by atoms with E-state index in [1.54, 1.807) is 17.4 Å². The monoisotopic (exact) mass is 282 g/mol. The molecule has 0 spiro atoms. The van der Waals surface area contributed by atoms with Crippen molar-refractivity contribution in [2.75, 3.05) is 4.90 Å². The summed E-state index contributed by atoms with van der Waals surface area (Å²) in [4.78, 5) is 1.92. The lowest BCUT2D eigenvalue weighted by Gasteiger charge is -2.18. The minimum absolute atomic E-state index is 0.288. The first-order valence-corrected chi connectivity index (χ1v) is 7.22. The molecule has 2 aromatic carbocycles. The smallest absolute Gasteiger partial charge is 0.133 e. The van der Waals surface area contributed by atoms with Crippen molar-refractivity contribution < 1.29 is 4.39 Å². The first-order chi connectivity index (χ1) is 9.72. The molecule has 1 aliphatic rings. The van der Waals surface area contributed by atoms with Crippen molar-refractivity contribution in [2.45, 2.75) is 6.54 Å². The van der Waals surface area contributed by atoms with Crippen molar-refractivity contribution in [3.05, 3.63) is 64.8 Å². The van der Waals surface area contributed by atoms with Gasteiger partial charge in [-0.15, -0.1) is 11.3 Å². The molecule has 2 nitrogen and oxygen atoms in total. The second-order valence-electron chi connectivity index (χ2n) is 4.88. The largest absolute Gasteiger partial charge is 0.322 e. The second kappa shape index (κ2) is 4.15. The Morgan fingerprint density at radius 3 is 2.90 bits per heavy atom. The summed E-state index contributed by atoms with van der Waals surface area (Å²) >= 11 is 1.71. The van der Waals surface area contributed by atoms with Crippen LogP contribution in [0.2, 0.25) is 0 Å². The maximum atomic E-state index is 13.3. The molecular formula is C16H11FN2S. The SMILES string of the molecule is N=C1c2cc(F)ccc2CN1c1ccc2sccc2c1. The number of hydrogen-bond acceptors (Lipinski definition) is 2. The number of fused-ring (bicyclic) bond motifs is 2. The number of amidine groups is 1. The summed E-state index contributed by atoms with van der Waals surface area (Å²) in [6, 6.07) is 12.9. The Kier molecular flexibility index (Phi) is 2.41. The molecule has 0 amide bonds. The molecule has 0 atom stereocenters. The number of hydrogen-bond donors (Lipinski definition) is 1. The summed E-state index contributed by atoms with van der Waals surface area (Å²) in [6.45, 7) is 0.629. The third-order valence-electron chi connectivity index (χ3n) is 3.67. The summed E-state index contributed by atoms with van der Waals surface area (Å²) in [6.07, 6.45) is 0. The third-order valence-corrected chi connectivity index (χ3v) is 4.57. The molecule has 1 aromatic heterocycles. The van der Waals surface area contributed by atoms with Gasteiger partial charge in [0.25, 0.3) is 0 Å². The average Bonchev–Trinajstić information content (AvgIpc) is 3.03. The number of thiophene rings is 1. The quantitative estimate of drug-likeness (QED) is 0.704. The van der Waals surface area contributed by atoms with Crippen molar-refractivity contribution in [1.82, 2.24) is 0 Å². The Balaban J connectivity index is 1.79. The highest BCUT2D eigenvalue weighted by molar-refractivity contribution is 7.17. The van der Waals surface area contributed by atoms with Crippen molar-refractivity contribution >= 4 is 32.9 Å². The lowest BCUT2D eigenvalue weighted by atomic mass is 10.1. The zero-order valence-corrected chi connectivity index (χ0v) is 11.4. The van der Waals surface area contributed by atoms with E-state index in [-0.39, 0.29) is 5.82 Å². The molecule has 3 aromatic rings. The van der Waals surface area contributed by atoms with E-state index in [1.165, 1.54) is 22.2 Å². The first kappa shape index (κ1) is 11.6. The van der Waals surface area contributed by atoms with Crippen LogP contribution in [0.1, 0.15) is 11.1 Å². The molecule has 0 fully saturated rings. The highest BCUT2D eigenvalue weighted by Gasteiger charge is 2.25. The highest BCUT2D eigenvalue weighted by atomic mass is 32.1. The fourth-order valence-electron chi connectivity index (χ4n) is 2.64. The second-order valence-corrected chi connectivity index (χ2v) is 5.83. The van der Waals surface area contributed by atoms with Crippen LogP contribution in [0.15, 0.2) is 47.8 Å². The molecule has 4 heteroatoms. The van der Waals surface area contributed by atoms with Crippen LogP contribution in [0.4, 0.5) is 10.1 Å². The van der Waals surface area contributed by atoms with Crippen molar-refractivity contribution in [2.24, 2.45) is 0 Å². The van der Waals surface area contributed by atoms with Crippen LogP contribution in [0.3, 0.4) is 0 Å². The van der Waals surface area contributed by atoms with E-state index < -0.39 is 0 Å². The molecule has 20 heavy (non-hydrogen) atoms. The zero-order chi connectivity index (χ0) is 13.7. The van der Waals surface area contributed by atoms with Crippen LogP contribution in [-0.4, -0.2) is 5.84 Å². The summed E-state index contributed by atoms with van der Waals surface area (Å²) in [5.41, 5.74) is 2.68. The minimum Gasteiger partial charge on any atom is -0.322 e. The summed E-state index contributed by atoms with van der Waals surface area (Å²) in [5, 5.41) is 11.5. The summed E-state index contributed by atoms with van der Waals surface area (Å²) in [5.74, 6) is 0.0812. The lowest BCUT2D eigenvalue weighted by molar-refractivity contribution is 0.627. The Bertz CT molecular complexity index is 837. The average molecular weight is 282 g/mol. The molecule has 0 radical (unpaired) electrons. The van der Waals surface area contributed by atoms with Gasteiger partial charge in [-0.3, -0.25) is 5.41 Å². The van der Waals surface area contributed by atoms with Gasteiger partial charge in [0, 0.05) is 16.0 Å². The van der Waals surface area contributed by atoms with Crippen LogP contribution in [0.5, 0.6) is 0 Å². The molecule has 4 rings (SSSR count). The molecule has 2 heterocycles. The van der Waals surface area contributed by atoms with Crippen molar-refractivity contribution in [3.8, 4) is 0 Å². The molecule has 98 valence electrons. The van der Waals surface area contributed by atoms with Gasteiger partial charge in [0.1, 0.15) is 11.7 Å². The van der Waals surface area contributed by atoms with Gasteiger partial charge in [-0.05, 0) is 52.7 Å². The summed E-state index contributed by atoms with van der Waals surface area (Å²) in [7, 11) is 0. The van der Waals surface area contributed by atoms with Crippen LogP contribution in [0, 0.1) is 11.2 Å². The van der Waals surface area contributed by atoms with Gasteiger partial charge in [0.15, 0.2) is 0 Å². The number of halogens is 1. The molecule has 0 unspecified atom stereocenters. The number of nitrogens with zero attached hydrogens (tertiary/aromatic N) is 1. The molecule has 0 aliphatic carbocycles. The van der Waals surface area contributed by atoms with Gasteiger partial charge in [-0.2, -0.15) is 0 Å². The fraction of sp³-hybridized carbons (Fsp3) is 0.0625. The number of nitrogens with one attached hydrogen (secondary N) is 1. The summed E-state index contributed by atoms with van der Waals surface area (Å²) < 4.78 is 14.6. The maximum absolute atomic E-state index is 13.3. The Morgan fingerprint density at radius 1 is 1.10 bits per heavy atom. The van der Waals surface area contributed by atoms with Gasteiger partial charge < -0.3 is 4.90 Å². The van der Waals surface area contributed by atoms with Gasteiger partial charge in [0.05, 0.1) is 6.54 Å². The molecule has 0 bridgehead atoms. The van der Waals surface area contributed by atoms with Crippen molar-refractivity contribution in [3.63, 3.8) is 0 Å². The molecule has 1 N–H and O–H groups in total. The topological polar surface area (TPSA) is 27.1 Å². The van der Waals surface area contributed by atoms with E-state index in [2.05, 4.69) is 23.6 Å². The normalized spacial score (nSPS) is 14.1. The van der Waals surface area contributed by atoms with E-state index in [9.17, 15) is 4.39 Å². The van der Waals surface area contributed by atoms with Crippen LogP contribution >= 0.6 is 11.3 Å². The van der Waals surface area contributed by atoms with Crippen LogP contribution < -0.4 is 4.90 Å². The molecular weight excluding hydrogens is 271 g/mol. The van der Waals surface area contributed by atoms with Crippen molar-refractivity contribution in [1.29, 1.82) is 5.41 Å². The predicted molar refractivity (Wildman–Crippen MR) is 81.2 cm³/mol. The van der Waals surface area contributed by atoms with Crippen LogP contribution in [-0.2, 0) is 6.54 Å². The number of benzene rings is 2. The zero-order valence-electron chi connectivity index (χ0n) is 10.6. The maximum Gasteiger partial charge on any atom is 0.133 e. The van der Waals surface area contributed by atoms with E-state index in [0.717, 1.165) is 11.3 Å². The lowest BCUT2D eigenvalue weighted by Crippen LogP contribution is -2.22. The highest BCUT2D eigenvalue weighted by Crippen LogP contribution is 2.32. The number of anilines is 1. The minimum atomic E-state index is -0.288. The molecule has 0 saturated heterocycles. The Hall–Kier alpha value is -2.20. The Labute approximate surface area is 119 Å². The molecule has 1 aliphatic heterocycles. The van der Waals surface area contributed by atoms with E-state index in [0.29, 0.717) is 17.9 Å². The molecule has 0 saturated carbocycles. The van der Waals surface area contributed by atoms with E-state index in [1.807, 2.05) is 11.0 Å². The first-order valence-electron chi connectivity index (χ1n) is 6.34. The predicted octanol–water partition coefficient (Wildman–Crippen LogP) is 4.39. The fourth-order valence-corrected chi connectivity index (χ4v) is 3.42. The Morgan fingerprint density at radius 2 is 2.00 bits per heavy atom. The van der Waals surface area contributed by atoms with Gasteiger partial charge in [-0.25, -0.2) is 4.39 Å². The van der Waals surface area contributed by atoms with Gasteiger partial charge >= 0.3 is 0 Å². The van der Waals surface area contributed by atoms with E-state index in [4.69, 9.17) is 5.41 Å². The van der Waals surface area contributed by atoms with E-state index >= 15 is 0 Å². The number of rotatable bonds is 1. The standard InChI is InChI=1S/C16H11FN2S/c17-12-2-1-11-9-19(16(18)14(11)8-12)13-3-4-15-10(7-13)5-6-20-15/h1-8,18H,9H2. The third kappa shape index (κ3) is 1.65. The van der Waals surface area contributed by atoms with Crippen LogP contribution in [0.25, 0.3) is 10.1 Å². The van der Waals surface area contributed by atoms with Gasteiger partial charge in [0.2, 0.25) is 0 Å². The van der Waals surface area contributed by atoms with Gasteiger partial charge in [-0.1, -0.05) is 6.07 Å².